The van der Waals surface area contributed by atoms with E-state index in [2.05, 4.69) is 4.74 Å². The van der Waals surface area contributed by atoms with Crippen LogP contribution in [-0.4, -0.2) is 59.4 Å². The maximum Gasteiger partial charge on any atom is 0.337 e. The molecule has 7 heteroatoms. The third kappa shape index (κ3) is 6.70. The fourth-order valence-corrected chi connectivity index (χ4v) is 2.61. The van der Waals surface area contributed by atoms with Gasteiger partial charge in [0.05, 0.1) is 26.9 Å². The Hall–Kier alpha value is -2.29. The van der Waals surface area contributed by atoms with E-state index in [1.807, 2.05) is 60.7 Å². The van der Waals surface area contributed by atoms with Crippen LogP contribution in [0, 0.1) is 0 Å². The molecule has 0 radical (unpaired) electrons. The van der Waals surface area contributed by atoms with Crippen molar-refractivity contribution in [3.8, 4) is 0 Å². The van der Waals surface area contributed by atoms with Gasteiger partial charge in [0, 0.05) is 0 Å². The standard InChI is InChI=1S/C21H26O7/c1-26-21(25)19(24)18(23)20(28-13-16-10-6-3-7-11-16)17(22)14-27-12-15-8-4-2-5-9-15/h2-11,17-20,22-24H,12-14H2,1H3/t17-,18+,19-,20-/m0/s1. The average molecular weight is 390 g/mol. The van der Waals surface area contributed by atoms with E-state index in [1.54, 1.807) is 0 Å². The predicted molar refractivity (Wildman–Crippen MR) is 101 cm³/mol. The highest BCUT2D eigenvalue weighted by molar-refractivity contribution is 5.75. The molecule has 0 aliphatic carbocycles. The van der Waals surface area contributed by atoms with Crippen molar-refractivity contribution >= 4 is 5.97 Å². The van der Waals surface area contributed by atoms with Gasteiger partial charge in [-0.3, -0.25) is 0 Å². The summed E-state index contributed by atoms with van der Waals surface area (Å²) in [5.41, 5.74) is 1.73. The highest BCUT2D eigenvalue weighted by Gasteiger charge is 2.37. The number of aliphatic hydroxyl groups is 3. The SMILES string of the molecule is COC(=O)[C@@H](O)[C@@H](O)[C@@H](OCc1ccccc1)[C@@H](O)COCc1ccccc1. The first-order chi connectivity index (χ1) is 13.5. The molecule has 0 saturated carbocycles. The molecule has 0 saturated heterocycles. The third-order valence-corrected chi connectivity index (χ3v) is 4.17. The number of hydrogen-bond donors (Lipinski definition) is 3. The van der Waals surface area contributed by atoms with Crippen molar-refractivity contribution in [3.05, 3.63) is 71.8 Å². The van der Waals surface area contributed by atoms with Gasteiger partial charge in [-0.05, 0) is 11.1 Å². The van der Waals surface area contributed by atoms with Crippen molar-refractivity contribution in [2.45, 2.75) is 37.6 Å². The maximum atomic E-state index is 11.6. The Balaban J connectivity index is 1.99. The molecule has 0 spiro atoms. The molecule has 4 atom stereocenters. The van der Waals surface area contributed by atoms with E-state index in [0.717, 1.165) is 18.2 Å². The fraction of sp³-hybridized carbons (Fsp3) is 0.381. The van der Waals surface area contributed by atoms with Crippen LogP contribution in [0.15, 0.2) is 60.7 Å². The van der Waals surface area contributed by atoms with Crippen molar-refractivity contribution in [2.75, 3.05) is 13.7 Å². The lowest BCUT2D eigenvalue weighted by molar-refractivity contribution is -0.177. The Morgan fingerprint density at radius 2 is 1.43 bits per heavy atom. The van der Waals surface area contributed by atoms with E-state index in [4.69, 9.17) is 9.47 Å². The Kier molecular flexibility index (Phi) is 9.06. The van der Waals surface area contributed by atoms with E-state index in [0.29, 0.717) is 0 Å². The summed E-state index contributed by atoms with van der Waals surface area (Å²) >= 11 is 0. The van der Waals surface area contributed by atoms with Crippen molar-refractivity contribution < 1.29 is 34.3 Å². The molecule has 0 unspecified atom stereocenters. The molecular weight excluding hydrogens is 364 g/mol. The van der Waals surface area contributed by atoms with Gasteiger partial charge in [-0.25, -0.2) is 4.79 Å². The molecule has 28 heavy (non-hydrogen) atoms. The van der Waals surface area contributed by atoms with E-state index in [1.165, 1.54) is 0 Å². The quantitative estimate of drug-likeness (QED) is 0.493. The molecule has 0 aromatic heterocycles. The van der Waals surface area contributed by atoms with E-state index >= 15 is 0 Å². The van der Waals surface area contributed by atoms with Crippen molar-refractivity contribution in [1.82, 2.24) is 0 Å². The first-order valence-electron chi connectivity index (χ1n) is 8.92. The summed E-state index contributed by atoms with van der Waals surface area (Å²) < 4.78 is 15.6. The van der Waals surface area contributed by atoms with Crippen LogP contribution < -0.4 is 0 Å². The van der Waals surface area contributed by atoms with Gasteiger partial charge in [-0.1, -0.05) is 60.7 Å². The molecule has 0 aliphatic rings. The molecule has 0 aliphatic heterocycles. The van der Waals surface area contributed by atoms with Gasteiger partial charge < -0.3 is 29.5 Å². The fourth-order valence-electron chi connectivity index (χ4n) is 2.61. The molecule has 7 nitrogen and oxygen atoms in total. The highest BCUT2D eigenvalue weighted by Crippen LogP contribution is 2.15. The molecule has 2 aromatic rings. The molecule has 0 amide bonds. The molecule has 2 rings (SSSR count). The molecule has 0 heterocycles. The smallest absolute Gasteiger partial charge is 0.337 e. The van der Waals surface area contributed by atoms with Crippen molar-refractivity contribution in [1.29, 1.82) is 0 Å². The number of methoxy groups -OCH3 is 1. The van der Waals surface area contributed by atoms with Crippen LogP contribution in [0.5, 0.6) is 0 Å². The van der Waals surface area contributed by atoms with Crippen LogP contribution in [0.4, 0.5) is 0 Å². The minimum atomic E-state index is -1.85. The average Bonchev–Trinajstić information content (AvgIpc) is 2.74. The lowest BCUT2D eigenvalue weighted by Crippen LogP contribution is -2.50. The van der Waals surface area contributed by atoms with Crippen LogP contribution in [0.2, 0.25) is 0 Å². The molecule has 2 aromatic carbocycles. The highest BCUT2D eigenvalue weighted by atomic mass is 16.5. The van der Waals surface area contributed by atoms with Gasteiger partial charge in [0.25, 0.3) is 0 Å². The van der Waals surface area contributed by atoms with E-state index in [9.17, 15) is 20.1 Å². The maximum absolute atomic E-state index is 11.6. The normalized spacial score (nSPS) is 15.4. The minimum Gasteiger partial charge on any atom is -0.467 e. The Morgan fingerprint density at radius 1 is 0.893 bits per heavy atom. The van der Waals surface area contributed by atoms with Crippen LogP contribution in [0.25, 0.3) is 0 Å². The topological polar surface area (TPSA) is 105 Å². The lowest BCUT2D eigenvalue weighted by atomic mass is 10.0. The summed E-state index contributed by atoms with van der Waals surface area (Å²) in [5.74, 6) is -1.02. The van der Waals surface area contributed by atoms with Crippen molar-refractivity contribution in [2.24, 2.45) is 0 Å². The van der Waals surface area contributed by atoms with E-state index < -0.39 is 30.4 Å². The number of carbonyl (C=O) groups excluding carboxylic acids is 1. The number of esters is 1. The van der Waals surface area contributed by atoms with Gasteiger partial charge >= 0.3 is 5.97 Å². The minimum absolute atomic E-state index is 0.0756. The van der Waals surface area contributed by atoms with Crippen LogP contribution in [0.1, 0.15) is 11.1 Å². The van der Waals surface area contributed by atoms with Gasteiger partial charge in [0.2, 0.25) is 0 Å². The second-order valence-corrected chi connectivity index (χ2v) is 6.29. The van der Waals surface area contributed by atoms with Gasteiger partial charge in [-0.15, -0.1) is 0 Å². The predicted octanol–water partition coefficient (Wildman–Crippen LogP) is 1.04. The van der Waals surface area contributed by atoms with Gasteiger partial charge in [0.15, 0.2) is 6.10 Å². The monoisotopic (exact) mass is 390 g/mol. The zero-order valence-electron chi connectivity index (χ0n) is 15.7. The van der Waals surface area contributed by atoms with Crippen molar-refractivity contribution in [3.63, 3.8) is 0 Å². The number of hydrogen-bond acceptors (Lipinski definition) is 7. The largest absolute Gasteiger partial charge is 0.467 e. The Labute approximate surface area is 164 Å². The van der Waals surface area contributed by atoms with Crippen LogP contribution >= 0.6 is 0 Å². The first kappa shape index (κ1) is 22.0. The zero-order valence-corrected chi connectivity index (χ0v) is 15.7. The van der Waals surface area contributed by atoms with Gasteiger partial charge in [-0.2, -0.15) is 0 Å². The van der Waals surface area contributed by atoms with Crippen LogP contribution in [-0.2, 0) is 32.2 Å². The summed E-state index contributed by atoms with van der Waals surface area (Å²) in [6, 6.07) is 18.5. The van der Waals surface area contributed by atoms with Crippen LogP contribution in [0.3, 0.4) is 0 Å². The number of carbonyl (C=O) groups is 1. The summed E-state index contributed by atoms with van der Waals surface area (Å²) in [5, 5.41) is 30.8. The van der Waals surface area contributed by atoms with Gasteiger partial charge in [0.1, 0.15) is 18.3 Å². The zero-order chi connectivity index (χ0) is 20.4. The number of aliphatic hydroxyl groups excluding tert-OH is 3. The summed E-state index contributed by atoms with van der Waals surface area (Å²) in [6.45, 7) is 0.185. The molecule has 0 fully saturated rings. The van der Waals surface area contributed by atoms with E-state index in [-0.39, 0.29) is 19.8 Å². The number of benzene rings is 2. The Morgan fingerprint density at radius 3 is 1.96 bits per heavy atom. The lowest BCUT2D eigenvalue weighted by Gasteiger charge is -2.29. The number of rotatable bonds is 11. The second kappa shape index (κ2) is 11.5. The summed E-state index contributed by atoms with van der Waals surface area (Å²) in [6.07, 6.45) is -6.08. The Bertz CT molecular complexity index is 692. The summed E-state index contributed by atoms with van der Waals surface area (Å²) in [4.78, 5) is 11.6. The summed E-state index contributed by atoms with van der Waals surface area (Å²) in [7, 11) is 1.09. The third-order valence-electron chi connectivity index (χ3n) is 4.17. The molecule has 3 N–H and O–H groups in total. The molecular formula is C21H26O7. The molecule has 152 valence electrons. The number of ether oxygens (including phenoxy) is 3. The second-order valence-electron chi connectivity index (χ2n) is 6.29. The first-order valence-corrected chi connectivity index (χ1v) is 8.92. The molecule has 0 bridgehead atoms.